The third-order valence-corrected chi connectivity index (χ3v) is 2.10. The van der Waals surface area contributed by atoms with Crippen LogP contribution < -0.4 is 5.56 Å². The molecule has 0 aliphatic carbocycles. The van der Waals surface area contributed by atoms with E-state index in [0.29, 0.717) is 6.54 Å². The summed E-state index contributed by atoms with van der Waals surface area (Å²) in [5, 5.41) is 0. The highest BCUT2D eigenvalue weighted by Gasteiger charge is 2.07. The highest BCUT2D eigenvalue weighted by molar-refractivity contribution is 5.75. The number of carbonyl (C=O) groups is 1. The minimum Gasteiger partial charge on any atom is -0.344 e. The van der Waals surface area contributed by atoms with Crippen molar-refractivity contribution in [3.63, 3.8) is 0 Å². The van der Waals surface area contributed by atoms with Gasteiger partial charge in [0, 0.05) is 25.9 Å². The van der Waals surface area contributed by atoms with Crippen molar-refractivity contribution in [2.45, 2.75) is 13.5 Å². The summed E-state index contributed by atoms with van der Waals surface area (Å²) in [6.45, 7) is 2.66. The summed E-state index contributed by atoms with van der Waals surface area (Å²) in [6, 6.07) is 4.84. The van der Waals surface area contributed by atoms with Gasteiger partial charge in [0.15, 0.2) is 0 Å². The summed E-state index contributed by atoms with van der Waals surface area (Å²) < 4.78 is 1.40. The number of carbonyl (C=O) groups excluding carboxylic acids is 1. The first-order chi connectivity index (χ1) is 6.65. The van der Waals surface area contributed by atoms with Crippen molar-refractivity contribution in [1.82, 2.24) is 9.47 Å². The molecule has 0 radical (unpaired) electrons. The number of amides is 1. The normalized spacial score (nSPS) is 9.86. The molecule has 0 bridgehead atoms. The summed E-state index contributed by atoms with van der Waals surface area (Å²) in [5.74, 6) is -0.0548. The largest absolute Gasteiger partial charge is 0.344 e. The van der Waals surface area contributed by atoms with Crippen molar-refractivity contribution >= 4 is 5.91 Å². The molecule has 0 aliphatic heterocycles. The van der Waals surface area contributed by atoms with Crippen LogP contribution in [0.2, 0.25) is 0 Å². The number of rotatable bonds is 3. The van der Waals surface area contributed by atoms with Gasteiger partial charge in [0.2, 0.25) is 5.91 Å². The van der Waals surface area contributed by atoms with Gasteiger partial charge in [-0.3, -0.25) is 9.59 Å². The molecule has 4 nitrogen and oxygen atoms in total. The molecular formula is C10H14N2O2. The number of hydrogen-bond acceptors (Lipinski definition) is 2. The van der Waals surface area contributed by atoms with Crippen LogP contribution in [0.3, 0.4) is 0 Å². The van der Waals surface area contributed by atoms with Gasteiger partial charge in [-0.05, 0) is 13.0 Å². The monoisotopic (exact) mass is 194 g/mol. The Morgan fingerprint density at radius 2 is 2.21 bits per heavy atom. The lowest BCUT2D eigenvalue weighted by Crippen LogP contribution is -2.33. The van der Waals surface area contributed by atoms with Crippen molar-refractivity contribution in [3.8, 4) is 0 Å². The molecule has 1 aromatic heterocycles. The van der Waals surface area contributed by atoms with E-state index in [2.05, 4.69) is 0 Å². The lowest BCUT2D eigenvalue weighted by molar-refractivity contribution is -0.130. The van der Waals surface area contributed by atoms with Crippen LogP contribution >= 0.6 is 0 Å². The third-order valence-electron chi connectivity index (χ3n) is 2.10. The molecule has 4 heteroatoms. The molecule has 0 saturated heterocycles. The summed E-state index contributed by atoms with van der Waals surface area (Å²) >= 11 is 0. The highest BCUT2D eigenvalue weighted by atomic mass is 16.2. The van der Waals surface area contributed by atoms with E-state index in [1.165, 1.54) is 10.6 Å². The van der Waals surface area contributed by atoms with Crippen LogP contribution in [0, 0.1) is 0 Å². The number of hydrogen-bond donors (Lipinski definition) is 0. The van der Waals surface area contributed by atoms with Crippen LogP contribution in [-0.2, 0) is 11.3 Å². The molecule has 0 unspecified atom stereocenters. The summed E-state index contributed by atoms with van der Waals surface area (Å²) in [5.41, 5.74) is -0.148. The van der Waals surface area contributed by atoms with Crippen LogP contribution in [0.15, 0.2) is 29.2 Å². The number of likely N-dealkylation sites (N-methyl/N-ethyl adjacent to an activating group) is 1. The molecular weight excluding hydrogens is 180 g/mol. The van der Waals surface area contributed by atoms with E-state index in [1.54, 1.807) is 30.3 Å². The van der Waals surface area contributed by atoms with Crippen LogP contribution in [0.1, 0.15) is 6.92 Å². The molecule has 76 valence electrons. The first kappa shape index (κ1) is 10.5. The van der Waals surface area contributed by atoms with Crippen LogP contribution in [0.4, 0.5) is 0 Å². The standard InChI is InChI=1S/C10H14N2O2/c1-3-11(2)10(14)8-12-7-5-4-6-9(12)13/h4-7H,3,8H2,1-2H3. The smallest absolute Gasteiger partial charge is 0.250 e. The zero-order valence-electron chi connectivity index (χ0n) is 8.43. The molecule has 1 heterocycles. The van der Waals surface area contributed by atoms with Gasteiger partial charge in [-0.2, -0.15) is 0 Å². The van der Waals surface area contributed by atoms with Crippen molar-refractivity contribution in [3.05, 3.63) is 34.7 Å². The molecule has 0 aromatic carbocycles. The predicted octanol–water partition coefficient (Wildman–Crippen LogP) is 0.327. The maximum atomic E-state index is 11.5. The van der Waals surface area contributed by atoms with Gasteiger partial charge in [-0.1, -0.05) is 6.07 Å². The maximum Gasteiger partial charge on any atom is 0.250 e. The zero-order valence-corrected chi connectivity index (χ0v) is 8.43. The van der Waals surface area contributed by atoms with Gasteiger partial charge in [0.25, 0.3) is 5.56 Å². The maximum absolute atomic E-state index is 11.5. The predicted molar refractivity (Wildman–Crippen MR) is 54.0 cm³/mol. The Morgan fingerprint density at radius 3 is 2.79 bits per heavy atom. The lowest BCUT2D eigenvalue weighted by atomic mass is 10.4. The average molecular weight is 194 g/mol. The van der Waals surface area contributed by atoms with Gasteiger partial charge >= 0.3 is 0 Å². The molecule has 0 aliphatic rings. The molecule has 14 heavy (non-hydrogen) atoms. The van der Waals surface area contributed by atoms with E-state index >= 15 is 0 Å². The SMILES string of the molecule is CCN(C)C(=O)Cn1ccccc1=O. The summed E-state index contributed by atoms with van der Waals surface area (Å²) in [7, 11) is 1.72. The van der Waals surface area contributed by atoms with Crippen LogP contribution in [0.5, 0.6) is 0 Å². The average Bonchev–Trinajstić information content (AvgIpc) is 2.20. The van der Waals surface area contributed by atoms with E-state index in [9.17, 15) is 9.59 Å². The van der Waals surface area contributed by atoms with Crippen molar-refractivity contribution in [2.24, 2.45) is 0 Å². The molecule has 1 amide bonds. The quantitative estimate of drug-likeness (QED) is 0.695. The lowest BCUT2D eigenvalue weighted by Gasteiger charge is -2.14. The minimum atomic E-state index is -0.148. The van der Waals surface area contributed by atoms with E-state index in [-0.39, 0.29) is 18.0 Å². The van der Waals surface area contributed by atoms with Gasteiger partial charge < -0.3 is 9.47 Å². The van der Waals surface area contributed by atoms with Crippen molar-refractivity contribution in [2.75, 3.05) is 13.6 Å². The first-order valence-electron chi connectivity index (χ1n) is 4.54. The van der Waals surface area contributed by atoms with E-state index < -0.39 is 0 Å². The second kappa shape index (κ2) is 4.60. The fourth-order valence-electron chi connectivity index (χ4n) is 1.03. The molecule has 1 rings (SSSR count). The highest BCUT2D eigenvalue weighted by Crippen LogP contribution is 1.88. The van der Waals surface area contributed by atoms with Crippen molar-refractivity contribution < 1.29 is 4.79 Å². The molecule has 0 N–H and O–H groups in total. The Kier molecular flexibility index (Phi) is 3.45. The van der Waals surface area contributed by atoms with E-state index in [1.807, 2.05) is 6.92 Å². The topological polar surface area (TPSA) is 42.3 Å². The minimum absolute atomic E-state index is 0.0548. The third kappa shape index (κ3) is 2.45. The number of pyridine rings is 1. The van der Waals surface area contributed by atoms with Gasteiger partial charge in [-0.25, -0.2) is 0 Å². The molecule has 0 saturated carbocycles. The molecule has 0 spiro atoms. The zero-order chi connectivity index (χ0) is 10.6. The van der Waals surface area contributed by atoms with E-state index in [4.69, 9.17) is 0 Å². The Balaban J connectivity index is 2.75. The van der Waals surface area contributed by atoms with Crippen LogP contribution in [-0.4, -0.2) is 29.0 Å². The van der Waals surface area contributed by atoms with Gasteiger partial charge in [-0.15, -0.1) is 0 Å². The Morgan fingerprint density at radius 1 is 1.50 bits per heavy atom. The summed E-state index contributed by atoms with van der Waals surface area (Å²) in [4.78, 5) is 24.3. The second-order valence-electron chi connectivity index (χ2n) is 3.07. The number of aromatic nitrogens is 1. The molecule has 1 aromatic rings. The Labute approximate surface area is 82.8 Å². The Hall–Kier alpha value is -1.58. The number of nitrogens with zero attached hydrogens (tertiary/aromatic N) is 2. The van der Waals surface area contributed by atoms with Gasteiger partial charge in [0.05, 0.1) is 0 Å². The summed E-state index contributed by atoms with van der Waals surface area (Å²) in [6.07, 6.45) is 1.61. The fourth-order valence-corrected chi connectivity index (χ4v) is 1.03. The van der Waals surface area contributed by atoms with Crippen molar-refractivity contribution in [1.29, 1.82) is 0 Å². The fraction of sp³-hybridized carbons (Fsp3) is 0.400. The van der Waals surface area contributed by atoms with E-state index in [0.717, 1.165) is 0 Å². The van der Waals surface area contributed by atoms with Gasteiger partial charge in [0.1, 0.15) is 6.54 Å². The molecule has 0 fully saturated rings. The Bertz CT molecular complexity index is 370. The van der Waals surface area contributed by atoms with Crippen LogP contribution in [0.25, 0.3) is 0 Å². The molecule has 0 atom stereocenters. The second-order valence-corrected chi connectivity index (χ2v) is 3.07. The first-order valence-corrected chi connectivity index (χ1v) is 4.54.